The zero-order valence-electron chi connectivity index (χ0n) is 32.5. The topological polar surface area (TPSA) is 147 Å². The fourth-order valence-electron chi connectivity index (χ4n) is 6.63. The van der Waals surface area contributed by atoms with Gasteiger partial charge in [-0.05, 0) is 88.6 Å². The monoisotopic (exact) mass is 992 g/mol. The first-order chi connectivity index (χ1) is 29.6. The Morgan fingerprint density at radius 3 is 1.57 bits per heavy atom. The molecule has 2 aliphatic carbocycles. The predicted molar refractivity (Wildman–Crippen MR) is 232 cm³/mol. The molecule has 6 aromatic rings. The van der Waals surface area contributed by atoms with Gasteiger partial charge in [0, 0.05) is 11.4 Å². The van der Waals surface area contributed by atoms with Crippen LogP contribution in [-0.2, 0) is 44.2 Å². The Morgan fingerprint density at radius 1 is 0.639 bits per heavy atom. The van der Waals surface area contributed by atoms with Gasteiger partial charge in [-0.3, -0.25) is 14.6 Å². The molecule has 4 aromatic carbocycles. The van der Waals surface area contributed by atoms with Gasteiger partial charge in [0.25, 0.3) is 0 Å². The number of carbonyl (C=O) groups is 2. The Labute approximate surface area is 384 Å². The summed E-state index contributed by atoms with van der Waals surface area (Å²) in [6.45, 7) is 4.13. The molecule has 4 aliphatic rings. The Balaban J connectivity index is 0.000000154. The van der Waals surface area contributed by atoms with Crippen molar-refractivity contribution >= 4 is 72.3 Å². The zero-order chi connectivity index (χ0) is 43.0. The van der Waals surface area contributed by atoms with Crippen LogP contribution in [0.4, 0.5) is 11.6 Å². The van der Waals surface area contributed by atoms with E-state index >= 15 is 0 Å². The molecule has 2 aliphatic heterocycles. The van der Waals surface area contributed by atoms with E-state index in [1.165, 1.54) is 6.20 Å². The van der Waals surface area contributed by atoms with Gasteiger partial charge >= 0.3 is 27.0 Å². The molecular weight excluding hydrogens is 960 g/mol. The standard InChI is InChI=1S/C22H18ClN3O3.C15H12BrN3O3.C7H6Cl.ClH.Zn/c23-17-4-2-1-3-14(17)9-16-11-25-20(12-24-16)26-21(27)22(7-8-22)15-5-6-18-19(10-15)29-13-28-18;16-12-6-18-13(7-17-12)19-14(20)15(3-4-15)9-1-2-10-11(5-9)22-8-21-10;1-6-4-2-3-5-7(6)8;;/h1-6,10-12H,7-9,13H2,(H,25,26,27);1-2,5-7H,3-4,8H2,(H,18,19,20);2-5H,1H2;1H;/q;;-1;;+2/p-1. The van der Waals surface area contributed by atoms with Crippen LogP contribution in [0.15, 0.2) is 114 Å². The molecule has 0 atom stereocenters. The van der Waals surface area contributed by atoms with E-state index in [1.54, 1.807) is 18.6 Å². The fourth-order valence-corrected chi connectivity index (χ4v) is 7.17. The number of nitrogens with one attached hydrogen (secondary N) is 2. The van der Waals surface area contributed by atoms with Crippen LogP contribution in [0, 0.1) is 6.92 Å². The molecule has 2 saturated carbocycles. The summed E-state index contributed by atoms with van der Waals surface area (Å²) in [6, 6.07) is 26.5. The molecule has 2 amide bonds. The van der Waals surface area contributed by atoms with E-state index in [2.05, 4.69) is 53.4 Å². The maximum atomic E-state index is 12.9. The van der Waals surface area contributed by atoms with Crippen LogP contribution in [0.3, 0.4) is 0 Å². The number of rotatable bonds is 8. The summed E-state index contributed by atoms with van der Waals surface area (Å²) in [4.78, 5) is 42.5. The molecule has 17 heteroatoms. The number of amides is 2. The molecule has 0 spiro atoms. The number of benzene rings is 4. The molecule has 0 radical (unpaired) electrons. The van der Waals surface area contributed by atoms with Crippen LogP contribution in [0.25, 0.3) is 0 Å². The van der Waals surface area contributed by atoms with Gasteiger partial charge < -0.3 is 29.6 Å². The zero-order valence-corrected chi connectivity index (χ0v) is 39.3. The number of ether oxygens (including phenoxy) is 4. The summed E-state index contributed by atoms with van der Waals surface area (Å²) in [5, 5.41) is 7.16. The van der Waals surface area contributed by atoms with Crippen molar-refractivity contribution < 1.29 is 45.8 Å². The maximum absolute atomic E-state index is 12.9. The van der Waals surface area contributed by atoms with Crippen LogP contribution in [0.1, 0.15) is 53.6 Å². The van der Waals surface area contributed by atoms with Gasteiger partial charge in [0.2, 0.25) is 25.4 Å². The molecule has 0 bridgehead atoms. The molecule has 2 aromatic heterocycles. The van der Waals surface area contributed by atoms with Crippen molar-refractivity contribution in [3.63, 3.8) is 0 Å². The van der Waals surface area contributed by atoms with Crippen molar-refractivity contribution in [3.05, 3.63) is 159 Å². The van der Waals surface area contributed by atoms with E-state index < -0.39 is 10.8 Å². The third-order valence-corrected chi connectivity index (χ3v) is 11.5. The van der Waals surface area contributed by atoms with Gasteiger partial charge in [-0.1, -0.05) is 53.0 Å². The minimum atomic E-state index is -0.543. The quantitative estimate of drug-likeness (QED) is 0.112. The number of carbonyl (C=O) groups excluding carboxylic acids is 2. The van der Waals surface area contributed by atoms with Crippen molar-refractivity contribution in [2.24, 2.45) is 0 Å². The van der Waals surface area contributed by atoms with Crippen LogP contribution < -0.4 is 29.6 Å². The molecule has 0 unspecified atom stereocenters. The molecule has 0 saturated heterocycles. The van der Waals surface area contributed by atoms with E-state index in [-0.39, 0.29) is 25.4 Å². The van der Waals surface area contributed by atoms with Crippen molar-refractivity contribution in [1.82, 2.24) is 19.9 Å². The fraction of sp³-hybridized carbons (Fsp3) is 0.205. The first-order valence-corrected chi connectivity index (χ1v) is 24.3. The average Bonchev–Trinajstić information content (AvgIpc) is 4.18. The summed E-state index contributed by atoms with van der Waals surface area (Å²) >= 11 is 15.9. The molecule has 61 heavy (non-hydrogen) atoms. The number of fused-ring (bicyclic) bond motifs is 2. The van der Waals surface area contributed by atoms with Gasteiger partial charge in [-0.15, -0.1) is 12.1 Å². The molecule has 10 rings (SSSR count). The number of hydrogen-bond acceptors (Lipinski definition) is 10. The van der Waals surface area contributed by atoms with Gasteiger partial charge in [0.05, 0.1) is 41.3 Å². The van der Waals surface area contributed by atoms with Crippen LogP contribution >= 0.6 is 48.8 Å². The van der Waals surface area contributed by atoms with Gasteiger partial charge in [0.1, 0.15) is 4.60 Å². The SMILES string of the molecule is O=C(Nc1cnc(Br)cn1)C1(c2ccc3c(c2)OCO3)CC1.O=C(Nc1cnc(Cc2ccccc2Cl)cn1)C1(c2ccc3c(c2)OCO3)CC1.[CH2-]c1ccccc1Cl.[Cl][Zn+]. The van der Waals surface area contributed by atoms with Crippen molar-refractivity contribution in [3.8, 4) is 23.0 Å². The third-order valence-electron chi connectivity index (χ3n) is 10.3. The molecule has 4 heterocycles. The van der Waals surface area contributed by atoms with Crippen molar-refractivity contribution in [1.29, 1.82) is 0 Å². The Kier molecular flexibility index (Phi) is 14.3. The molecule has 308 valence electrons. The van der Waals surface area contributed by atoms with Gasteiger partial charge in [-0.2, -0.15) is 30.2 Å². The number of hydrogen-bond donors (Lipinski definition) is 2. The Bertz CT molecular complexity index is 2490. The molecule has 2 N–H and O–H groups in total. The molecular formula is C44H36BrCl3N6O6Zn. The number of anilines is 2. The van der Waals surface area contributed by atoms with Crippen molar-refractivity contribution in [2.45, 2.75) is 42.9 Å². The first-order valence-electron chi connectivity index (χ1n) is 18.9. The van der Waals surface area contributed by atoms with Crippen LogP contribution in [0.2, 0.25) is 10.0 Å². The normalized spacial score (nSPS) is 15.0. The number of halogens is 4. The van der Waals surface area contributed by atoms with Crippen molar-refractivity contribution in [2.75, 3.05) is 24.2 Å². The van der Waals surface area contributed by atoms with Gasteiger partial charge in [0.15, 0.2) is 34.6 Å². The second-order valence-electron chi connectivity index (χ2n) is 14.2. The van der Waals surface area contributed by atoms with Gasteiger partial charge in [-0.25, -0.2) is 15.0 Å². The molecule has 12 nitrogen and oxygen atoms in total. The summed E-state index contributed by atoms with van der Waals surface area (Å²) in [6.07, 6.45) is 10.1. The van der Waals surface area contributed by atoms with Crippen LogP contribution in [0.5, 0.6) is 23.0 Å². The Hall–Kier alpha value is -4.98. The Morgan fingerprint density at radius 2 is 1.13 bits per heavy atom. The average molecular weight is 996 g/mol. The van der Waals surface area contributed by atoms with E-state index in [0.717, 1.165) is 81.7 Å². The van der Waals surface area contributed by atoms with E-state index in [9.17, 15) is 9.59 Å². The third kappa shape index (κ3) is 10.6. The molecule has 2 fully saturated rings. The summed E-state index contributed by atoms with van der Waals surface area (Å²) in [5.41, 5.74) is 3.48. The number of nitrogens with zero attached hydrogens (tertiary/aromatic N) is 4. The first kappa shape index (κ1) is 44.1. The second kappa shape index (κ2) is 19.8. The van der Waals surface area contributed by atoms with Crippen LogP contribution in [-0.4, -0.2) is 45.3 Å². The second-order valence-corrected chi connectivity index (χ2v) is 15.8. The number of aromatic nitrogens is 4. The predicted octanol–water partition coefficient (Wildman–Crippen LogP) is 9.97. The van der Waals surface area contributed by atoms with E-state index in [1.807, 2.05) is 84.9 Å². The summed E-state index contributed by atoms with van der Waals surface area (Å²) in [7, 11) is 4.76. The van der Waals surface area contributed by atoms with E-state index in [4.69, 9.17) is 51.8 Å². The minimum absolute atomic E-state index is 0.0667. The van der Waals surface area contributed by atoms with E-state index in [0.29, 0.717) is 44.9 Å². The summed E-state index contributed by atoms with van der Waals surface area (Å²) in [5.74, 6) is 3.55. The summed E-state index contributed by atoms with van der Waals surface area (Å²) < 4.78 is 22.1.